The van der Waals surface area contributed by atoms with Crippen LogP contribution >= 0.6 is 11.3 Å². The SMILES string of the molecule is COC1CC(NCc2csc(C(C)(C)C)n2)C1(C)C. The maximum absolute atomic E-state index is 5.48. The van der Waals surface area contributed by atoms with Crippen LogP contribution in [0.25, 0.3) is 0 Å². The molecule has 3 nitrogen and oxygen atoms in total. The van der Waals surface area contributed by atoms with Gasteiger partial charge in [-0.25, -0.2) is 4.98 Å². The van der Waals surface area contributed by atoms with Gasteiger partial charge in [0.2, 0.25) is 0 Å². The summed E-state index contributed by atoms with van der Waals surface area (Å²) in [5, 5.41) is 7.01. The van der Waals surface area contributed by atoms with Crippen LogP contribution in [0.4, 0.5) is 0 Å². The molecule has 0 bridgehead atoms. The lowest BCUT2D eigenvalue weighted by atomic mass is 9.64. The highest BCUT2D eigenvalue weighted by molar-refractivity contribution is 7.09. The maximum atomic E-state index is 5.48. The minimum atomic E-state index is 0.153. The van der Waals surface area contributed by atoms with Crippen LogP contribution in [0.2, 0.25) is 0 Å². The predicted octanol–water partition coefficient (Wildman–Crippen LogP) is 3.34. The van der Waals surface area contributed by atoms with Crippen molar-refractivity contribution in [3.05, 3.63) is 16.1 Å². The predicted molar refractivity (Wildman–Crippen MR) is 80.6 cm³/mol. The molecule has 2 rings (SSSR count). The minimum absolute atomic E-state index is 0.153. The van der Waals surface area contributed by atoms with Gasteiger partial charge in [-0.3, -0.25) is 0 Å². The van der Waals surface area contributed by atoms with Crippen LogP contribution in [0.1, 0.15) is 51.7 Å². The first-order valence-electron chi connectivity index (χ1n) is 6.96. The summed E-state index contributed by atoms with van der Waals surface area (Å²) in [6.07, 6.45) is 1.48. The van der Waals surface area contributed by atoms with E-state index < -0.39 is 0 Å². The van der Waals surface area contributed by atoms with Crippen LogP contribution in [0.5, 0.6) is 0 Å². The number of aromatic nitrogens is 1. The number of nitrogens with zero attached hydrogens (tertiary/aromatic N) is 1. The summed E-state index contributed by atoms with van der Waals surface area (Å²) in [6, 6.07) is 0.525. The Morgan fingerprint density at radius 2 is 2.16 bits per heavy atom. The van der Waals surface area contributed by atoms with Gasteiger partial charge in [-0.05, 0) is 6.42 Å². The largest absolute Gasteiger partial charge is 0.381 e. The van der Waals surface area contributed by atoms with Crippen LogP contribution in [0.15, 0.2) is 5.38 Å². The maximum Gasteiger partial charge on any atom is 0.0982 e. The summed E-state index contributed by atoms with van der Waals surface area (Å²) in [6.45, 7) is 12.0. The van der Waals surface area contributed by atoms with E-state index in [4.69, 9.17) is 9.72 Å². The van der Waals surface area contributed by atoms with Crippen molar-refractivity contribution in [3.8, 4) is 0 Å². The summed E-state index contributed by atoms with van der Waals surface area (Å²) in [4.78, 5) is 4.72. The second kappa shape index (κ2) is 5.15. The second-order valence-corrected chi connectivity index (χ2v) is 7.97. The molecule has 1 aromatic heterocycles. The second-order valence-electron chi connectivity index (χ2n) is 7.11. The smallest absolute Gasteiger partial charge is 0.0982 e. The monoisotopic (exact) mass is 282 g/mol. The normalized spacial score (nSPS) is 26.2. The van der Waals surface area contributed by atoms with E-state index in [9.17, 15) is 0 Å². The summed E-state index contributed by atoms with van der Waals surface area (Å²) in [5.41, 5.74) is 1.53. The fraction of sp³-hybridized carbons (Fsp3) is 0.800. The summed E-state index contributed by atoms with van der Waals surface area (Å²) in [5.74, 6) is 0. The average molecular weight is 282 g/mol. The molecule has 1 aliphatic carbocycles. The topological polar surface area (TPSA) is 34.1 Å². The molecule has 2 unspecified atom stereocenters. The molecule has 2 atom stereocenters. The van der Waals surface area contributed by atoms with Crippen molar-refractivity contribution in [1.82, 2.24) is 10.3 Å². The molecule has 108 valence electrons. The molecule has 1 saturated carbocycles. The van der Waals surface area contributed by atoms with Crippen molar-refractivity contribution in [3.63, 3.8) is 0 Å². The zero-order valence-corrected chi connectivity index (χ0v) is 13.7. The molecular formula is C15H26N2OS. The lowest BCUT2D eigenvalue weighted by Crippen LogP contribution is -2.60. The zero-order valence-electron chi connectivity index (χ0n) is 12.9. The van der Waals surface area contributed by atoms with Gasteiger partial charge < -0.3 is 10.1 Å². The van der Waals surface area contributed by atoms with Crippen LogP contribution < -0.4 is 5.32 Å². The average Bonchev–Trinajstić information content (AvgIpc) is 2.76. The molecule has 0 saturated heterocycles. The summed E-state index contributed by atoms with van der Waals surface area (Å²) >= 11 is 1.76. The van der Waals surface area contributed by atoms with E-state index in [-0.39, 0.29) is 10.8 Å². The molecule has 19 heavy (non-hydrogen) atoms. The van der Waals surface area contributed by atoms with Gasteiger partial charge in [0, 0.05) is 35.9 Å². The van der Waals surface area contributed by atoms with E-state index in [0.717, 1.165) is 18.7 Å². The first-order valence-corrected chi connectivity index (χ1v) is 7.84. The van der Waals surface area contributed by atoms with Gasteiger partial charge >= 0.3 is 0 Å². The number of hydrogen-bond acceptors (Lipinski definition) is 4. The molecule has 4 heteroatoms. The van der Waals surface area contributed by atoms with E-state index in [2.05, 4.69) is 45.3 Å². The van der Waals surface area contributed by atoms with Crippen molar-refractivity contribution in [2.45, 2.75) is 65.1 Å². The molecule has 0 radical (unpaired) electrons. The third kappa shape index (κ3) is 3.01. The number of ether oxygens (including phenoxy) is 1. The van der Waals surface area contributed by atoms with Gasteiger partial charge in [0.15, 0.2) is 0 Å². The molecule has 0 aromatic carbocycles. The third-order valence-electron chi connectivity index (χ3n) is 4.19. The zero-order chi connectivity index (χ0) is 14.3. The van der Waals surface area contributed by atoms with Crippen LogP contribution in [0, 0.1) is 5.41 Å². The number of rotatable bonds is 4. The lowest BCUT2D eigenvalue weighted by Gasteiger charge is -2.51. The van der Waals surface area contributed by atoms with Crippen molar-refractivity contribution < 1.29 is 4.74 Å². The third-order valence-corrected chi connectivity index (χ3v) is 5.50. The van der Waals surface area contributed by atoms with Crippen molar-refractivity contribution >= 4 is 11.3 Å². The summed E-state index contributed by atoms with van der Waals surface area (Å²) in [7, 11) is 1.80. The van der Waals surface area contributed by atoms with Crippen LogP contribution in [-0.2, 0) is 16.7 Å². The molecule has 1 fully saturated rings. The highest BCUT2D eigenvalue weighted by atomic mass is 32.1. The molecule has 0 spiro atoms. The van der Waals surface area contributed by atoms with Crippen molar-refractivity contribution in [2.24, 2.45) is 5.41 Å². The Hall–Kier alpha value is -0.450. The Morgan fingerprint density at radius 1 is 1.47 bits per heavy atom. The number of nitrogens with one attached hydrogen (secondary N) is 1. The van der Waals surface area contributed by atoms with E-state index in [0.29, 0.717) is 12.1 Å². The van der Waals surface area contributed by atoms with Gasteiger partial charge in [-0.2, -0.15) is 0 Å². The number of methoxy groups -OCH3 is 1. The van der Waals surface area contributed by atoms with Crippen molar-refractivity contribution in [2.75, 3.05) is 7.11 Å². The van der Waals surface area contributed by atoms with Crippen LogP contribution in [-0.4, -0.2) is 24.2 Å². The Labute approximate surface area is 120 Å². The number of thiazole rings is 1. The van der Waals surface area contributed by atoms with E-state index in [1.165, 1.54) is 5.01 Å². The fourth-order valence-electron chi connectivity index (χ4n) is 2.59. The quantitative estimate of drug-likeness (QED) is 0.919. The Morgan fingerprint density at radius 3 is 2.63 bits per heavy atom. The standard InChI is InChI=1S/C15H26N2OS/c1-14(2,3)13-17-10(9-19-13)8-16-11-7-12(18-6)15(11,4)5/h9,11-12,16H,7-8H2,1-6H3. The highest BCUT2D eigenvalue weighted by Gasteiger charge is 2.48. The van der Waals surface area contributed by atoms with Gasteiger partial charge in [-0.1, -0.05) is 34.6 Å². The Bertz CT molecular complexity index is 434. The number of hydrogen-bond donors (Lipinski definition) is 1. The van der Waals surface area contributed by atoms with Gasteiger partial charge in [0.1, 0.15) is 0 Å². The first kappa shape index (κ1) is 14.9. The summed E-state index contributed by atoms with van der Waals surface area (Å²) < 4.78 is 5.48. The lowest BCUT2D eigenvalue weighted by molar-refractivity contribution is -0.0979. The molecule has 0 aliphatic heterocycles. The van der Waals surface area contributed by atoms with Gasteiger partial charge in [-0.15, -0.1) is 11.3 Å². The molecule has 1 aliphatic rings. The Balaban J connectivity index is 1.89. The van der Waals surface area contributed by atoms with E-state index >= 15 is 0 Å². The van der Waals surface area contributed by atoms with E-state index in [1.54, 1.807) is 18.4 Å². The molecule has 1 heterocycles. The molecule has 1 N–H and O–H groups in total. The molecular weight excluding hydrogens is 256 g/mol. The van der Waals surface area contributed by atoms with Crippen LogP contribution in [0.3, 0.4) is 0 Å². The molecule has 0 amide bonds. The van der Waals surface area contributed by atoms with Gasteiger partial charge in [0.05, 0.1) is 16.8 Å². The molecule has 1 aromatic rings. The first-order chi connectivity index (χ1) is 8.75. The van der Waals surface area contributed by atoms with Gasteiger partial charge in [0.25, 0.3) is 0 Å². The van der Waals surface area contributed by atoms with Crippen molar-refractivity contribution in [1.29, 1.82) is 0 Å². The fourth-order valence-corrected chi connectivity index (χ4v) is 3.50. The Kier molecular flexibility index (Phi) is 4.05. The van der Waals surface area contributed by atoms with E-state index in [1.807, 2.05) is 0 Å². The minimum Gasteiger partial charge on any atom is -0.381 e. The highest BCUT2D eigenvalue weighted by Crippen LogP contribution is 2.42.